The summed E-state index contributed by atoms with van der Waals surface area (Å²) < 4.78 is 0. The minimum atomic E-state index is -0.365. The Morgan fingerprint density at radius 2 is 2.00 bits per heavy atom. The lowest BCUT2D eigenvalue weighted by Gasteiger charge is -2.07. The van der Waals surface area contributed by atoms with Crippen LogP contribution in [0.25, 0.3) is 0 Å². The van der Waals surface area contributed by atoms with Crippen LogP contribution in [0.15, 0.2) is 42.7 Å². The van der Waals surface area contributed by atoms with Gasteiger partial charge in [-0.1, -0.05) is 0 Å². The van der Waals surface area contributed by atoms with E-state index in [9.17, 15) is 10.1 Å². The van der Waals surface area contributed by atoms with Crippen molar-refractivity contribution in [2.75, 3.05) is 11.9 Å². The Hall–Kier alpha value is -2.43. The molecule has 1 N–H and O–H groups in total. The molecule has 0 radical (unpaired) electrons. The van der Waals surface area contributed by atoms with Gasteiger partial charge in [0, 0.05) is 36.3 Å². The van der Waals surface area contributed by atoms with Gasteiger partial charge in [0.1, 0.15) is 0 Å². The maximum atomic E-state index is 10.7. The van der Waals surface area contributed by atoms with Gasteiger partial charge >= 0.3 is 0 Å². The Morgan fingerprint density at radius 1 is 1.26 bits per heavy atom. The van der Waals surface area contributed by atoms with Crippen molar-refractivity contribution in [3.05, 3.63) is 64.0 Å². The van der Waals surface area contributed by atoms with Crippen molar-refractivity contribution in [1.29, 1.82) is 0 Å². The monoisotopic (exact) mass is 257 g/mol. The van der Waals surface area contributed by atoms with Gasteiger partial charge in [0.25, 0.3) is 5.69 Å². The third-order valence-electron chi connectivity index (χ3n) is 2.89. The first-order valence-corrected chi connectivity index (χ1v) is 6.04. The maximum Gasteiger partial charge on any atom is 0.272 e. The molecule has 0 fully saturated rings. The quantitative estimate of drug-likeness (QED) is 0.660. The Kier molecular flexibility index (Phi) is 4.07. The van der Waals surface area contributed by atoms with Crippen LogP contribution in [0.3, 0.4) is 0 Å². The summed E-state index contributed by atoms with van der Waals surface area (Å²) in [7, 11) is 0. The molecule has 0 aliphatic carbocycles. The van der Waals surface area contributed by atoms with Gasteiger partial charge < -0.3 is 5.32 Å². The van der Waals surface area contributed by atoms with Crippen molar-refractivity contribution in [1.82, 2.24) is 4.98 Å². The number of aryl methyl sites for hydroxylation is 1. The highest BCUT2D eigenvalue weighted by Gasteiger charge is 2.09. The van der Waals surface area contributed by atoms with Crippen molar-refractivity contribution in [3.63, 3.8) is 0 Å². The number of pyridine rings is 1. The van der Waals surface area contributed by atoms with Crippen molar-refractivity contribution >= 4 is 11.4 Å². The number of aromatic nitrogens is 1. The Bertz CT molecular complexity index is 570. The van der Waals surface area contributed by atoms with Gasteiger partial charge in [0.15, 0.2) is 0 Å². The van der Waals surface area contributed by atoms with Gasteiger partial charge in [-0.2, -0.15) is 0 Å². The van der Waals surface area contributed by atoms with Crippen LogP contribution in [-0.2, 0) is 6.42 Å². The van der Waals surface area contributed by atoms with Crippen LogP contribution in [0.5, 0.6) is 0 Å². The SMILES string of the molecule is Cc1cc(NCCc2ccncc2)ccc1[N+](=O)[O-]. The van der Waals surface area contributed by atoms with E-state index >= 15 is 0 Å². The molecule has 0 amide bonds. The first kappa shape index (κ1) is 13.0. The zero-order valence-corrected chi connectivity index (χ0v) is 10.7. The van der Waals surface area contributed by atoms with Crippen molar-refractivity contribution in [2.45, 2.75) is 13.3 Å². The Balaban J connectivity index is 1.93. The third-order valence-corrected chi connectivity index (χ3v) is 2.89. The second kappa shape index (κ2) is 5.95. The van der Waals surface area contributed by atoms with Crippen LogP contribution < -0.4 is 5.32 Å². The number of hydrogen-bond donors (Lipinski definition) is 1. The van der Waals surface area contributed by atoms with Crippen LogP contribution in [0.2, 0.25) is 0 Å². The van der Waals surface area contributed by atoms with E-state index in [2.05, 4.69) is 10.3 Å². The van der Waals surface area contributed by atoms with Crippen LogP contribution in [0, 0.1) is 17.0 Å². The fourth-order valence-corrected chi connectivity index (χ4v) is 1.87. The number of anilines is 1. The largest absolute Gasteiger partial charge is 0.385 e. The molecule has 0 aliphatic rings. The zero-order valence-electron chi connectivity index (χ0n) is 10.7. The number of nitro groups is 1. The molecule has 0 aliphatic heterocycles. The fourth-order valence-electron chi connectivity index (χ4n) is 1.87. The van der Waals surface area contributed by atoms with Gasteiger partial charge in [-0.05, 0) is 43.2 Å². The first-order valence-electron chi connectivity index (χ1n) is 6.04. The lowest BCUT2D eigenvalue weighted by Crippen LogP contribution is -2.05. The molecule has 1 heterocycles. The average Bonchev–Trinajstić information content (AvgIpc) is 2.39. The molecule has 0 unspecified atom stereocenters. The second-order valence-electron chi connectivity index (χ2n) is 4.29. The summed E-state index contributed by atoms with van der Waals surface area (Å²) in [5.41, 5.74) is 2.93. The molecule has 0 saturated heterocycles. The molecule has 1 aromatic carbocycles. The van der Waals surface area contributed by atoms with E-state index in [4.69, 9.17) is 0 Å². The highest BCUT2D eigenvalue weighted by molar-refractivity contribution is 5.53. The van der Waals surface area contributed by atoms with Gasteiger partial charge in [-0.3, -0.25) is 15.1 Å². The predicted octanol–water partition coefficient (Wildman–Crippen LogP) is 2.95. The number of nitrogens with one attached hydrogen (secondary N) is 1. The van der Waals surface area contributed by atoms with Gasteiger partial charge in [-0.15, -0.1) is 0 Å². The Morgan fingerprint density at radius 3 is 2.63 bits per heavy atom. The van der Waals surface area contributed by atoms with E-state index in [1.807, 2.05) is 12.1 Å². The highest BCUT2D eigenvalue weighted by Crippen LogP contribution is 2.21. The third kappa shape index (κ3) is 3.51. The number of rotatable bonds is 5. The molecule has 5 heteroatoms. The minimum absolute atomic E-state index is 0.152. The first-order chi connectivity index (χ1) is 9.16. The fraction of sp³-hybridized carbons (Fsp3) is 0.214. The molecule has 0 spiro atoms. The molecule has 2 aromatic rings. The lowest BCUT2D eigenvalue weighted by atomic mass is 10.1. The highest BCUT2D eigenvalue weighted by atomic mass is 16.6. The number of benzene rings is 1. The summed E-state index contributed by atoms with van der Waals surface area (Å²) in [5.74, 6) is 0. The van der Waals surface area contributed by atoms with Gasteiger partial charge in [0.05, 0.1) is 4.92 Å². The number of nitrogens with zero attached hydrogens (tertiary/aromatic N) is 2. The van der Waals surface area contributed by atoms with E-state index in [0.29, 0.717) is 5.56 Å². The van der Waals surface area contributed by atoms with Crippen LogP contribution in [-0.4, -0.2) is 16.5 Å². The molecule has 0 saturated carbocycles. The van der Waals surface area contributed by atoms with E-state index in [1.54, 1.807) is 31.5 Å². The average molecular weight is 257 g/mol. The van der Waals surface area contributed by atoms with Crippen molar-refractivity contribution < 1.29 is 4.92 Å². The topological polar surface area (TPSA) is 68.1 Å². The molecule has 98 valence electrons. The van der Waals surface area contributed by atoms with E-state index < -0.39 is 0 Å². The van der Waals surface area contributed by atoms with Gasteiger partial charge in [-0.25, -0.2) is 0 Å². The van der Waals surface area contributed by atoms with Crippen LogP contribution in [0.1, 0.15) is 11.1 Å². The molecule has 5 nitrogen and oxygen atoms in total. The Labute approximate surface area is 111 Å². The van der Waals surface area contributed by atoms with E-state index in [1.165, 1.54) is 11.6 Å². The summed E-state index contributed by atoms with van der Waals surface area (Å²) in [6.45, 7) is 2.52. The van der Waals surface area contributed by atoms with E-state index in [-0.39, 0.29) is 10.6 Å². The summed E-state index contributed by atoms with van der Waals surface area (Å²) in [6, 6.07) is 9.01. The molecule has 0 atom stereocenters. The minimum Gasteiger partial charge on any atom is -0.385 e. The lowest BCUT2D eigenvalue weighted by molar-refractivity contribution is -0.385. The van der Waals surface area contributed by atoms with Crippen LogP contribution >= 0.6 is 0 Å². The van der Waals surface area contributed by atoms with Gasteiger partial charge in [0.2, 0.25) is 0 Å². The summed E-state index contributed by atoms with van der Waals surface area (Å²) in [6.07, 6.45) is 4.43. The molecular formula is C14H15N3O2. The molecular weight excluding hydrogens is 242 g/mol. The molecule has 2 rings (SSSR count). The summed E-state index contributed by atoms with van der Waals surface area (Å²) in [5, 5.41) is 14.0. The summed E-state index contributed by atoms with van der Waals surface area (Å²) in [4.78, 5) is 14.3. The van der Waals surface area contributed by atoms with Crippen LogP contribution in [0.4, 0.5) is 11.4 Å². The number of nitro benzene ring substituents is 1. The maximum absolute atomic E-state index is 10.7. The normalized spacial score (nSPS) is 10.2. The second-order valence-corrected chi connectivity index (χ2v) is 4.29. The zero-order chi connectivity index (χ0) is 13.7. The predicted molar refractivity (Wildman–Crippen MR) is 74.3 cm³/mol. The molecule has 0 bridgehead atoms. The molecule has 1 aromatic heterocycles. The standard InChI is InChI=1S/C14H15N3O2/c1-11-10-13(2-3-14(11)17(18)19)16-9-6-12-4-7-15-8-5-12/h2-5,7-8,10,16H,6,9H2,1H3. The molecule has 19 heavy (non-hydrogen) atoms. The number of hydrogen-bond acceptors (Lipinski definition) is 4. The van der Waals surface area contributed by atoms with Crippen molar-refractivity contribution in [2.24, 2.45) is 0 Å². The van der Waals surface area contributed by atoms with Crippen molar-refractivity contribution in [3.8, 4) is 0 Å². The van der Waals surface area contributed by atoms with E-state index in [0.717, 1.165) is 18.7 Å². The smallest absolute Gasteiger partial charge is 0.272 e. The summed E-state index contributed by atoms with van der Waals surface area (Å²) >= 11 is 0.